The number of carbonyl (C=O) groups is 2. The van der Waals surface area contributed by atoms with Gasteiger partial charge >= 0.3 is 0 Å². The number of carbonyl (C=O) groups excluding carboxylic acids is 2. The maximum absolute atomic E-state index is 12.8. The predicted octanol–water partition coefficient (Wildman–Crippen LogP) is 2.27. The molecule has 0 aliphatic carbocycles. The van der Waals surface area contributed by atoms with Gasteiger partial charge in [0.1, 0.15) is 0 Å². The zero-order valence-corrected chi connectivity index (χ0v) is 16.0. The van der Waals surface area contributed by atoms with Crippen LogP contribution >= 0.6 is 0 Å². The van der Waals surface area contributed by atoms with Crippen molar-refractivity contribution in [2.45, 2.75) is 26.4 Å². The SMILES string of the molecule is CNC(=O)c1ccc(CNC(=O)c2nn(C(C)C)c(=O)c3ccccc23)cc1. The molecule has 3 aromatic rings. The summed E-state index contributed by atoms with van der Waals surface area (Å²) in [5.74, 6) is -0.525. The van der Waals surface area contributed by atoms with Crippen LogP contribution in [0.15, 0.2) is 53.3 Å². The average Bonchev–Trinajstić information content (AvgIpc) is 2.72. The second kappa shape index (κ2) is 8.04. The van der Waals surface area contributed by atoms with Gasteiger partial charge in [-0.15, -0.1) is 0 Å². The third-order valence-electron chi connectivity index (χ3n) is 4.43. The molecule has 3 rings (SSSR count). The molecule has 0 aliphatic heterocycles. The molecule has 1 aromatic heterocycles. The molecule has 2 amide bonds. The summed E-state index contributed by atoms with van der Waals surface area (Å²) in [5, 5.41) is 10.7. The van der Waals surface area contributed by atoms with E-state index in [0.29, 0.717) is 16.3 Å². The van der Waals surface area contributed by atoms with Crippen LogP contribution in [0.4, 0.5) is 0 Å². The molecule has 0 atom stereocenters. The number of fused-ring (bicyclic) bond motifs is 1. The van der Waals surface area contributed by atoms with E-state index in [1.165, 1.54) is 4.68 Å². The number of amides is 2. The van der Waals surface area contributed by atoms with Crippen molar-refractivity contribution in [1.82, 2.24) is 20.4 Å². The molecule has 0 saturated heterocycles. The Kier molecular flexibility index (Phi) is 5.54. The molecule has 28 heavy (non-hydrogen) atoms. The molecule has 0 saturated carbocycles. The number of nitrogens with zero attached hydrogens (tertiary/aromatic N) is 2. The van der Waals surface area contributed by atoms with Gasteiger partial charge < -0.3 is 10.6 Å². The lowest BCUT2D eigenvalue weighted by molar-refractivity contribution is 0.0941. The van der Waals surface area contributed by atoms with Crippen LogP contribution in [0.3, 0.4) is 0 Å². The monoisotopic (exact) mass is 378 g/mol. The standard InChI is InChI=1S/C21H22N4O3/c1-13(2)25-21(28)17-7-5-4-6-16(17)18(24-25)20(27)23-12-14-8-10-15(11-9-14)19(26)22-3/h4-11,13H,12H2,1-3H3,(H,22,26)(H,23,27). The summed E-state index contributed by atoms with van der Waals surface area (Å²) in [6, 6.07) is 13.8. The highest BCUT2D eigenvalue weighted by atomic mass is 16.2. The maximum Gasteiger partial charge on any atom is 0.274 e. The lowest BCUT2D eigenvalue weighted by Gasteiger charge is -2.13. The van der Waals surface area contributed by atoms with Crippen LogP contribution in [0.5, 0.6) is 0 Å². The first kappa shape index (κ1) is 19.3. The molecular weight excluding hydrogens is 356 g/mol. The average molecular weight is 378 g/mol. The highest BCUT2D eigenvalue weighted by molar-refractivity contribution is 6.04. The van der Waals surface area contributed by atoms with E-state index in [1.807, 2.05) is 13.8 Å². The van der Waals surface area contributed by atoms with Crippen molar-refractivity contribution in [3.8, 4) is 0 Å². The molecule has 0 fully saturated rings. The van der Waals surface area contributed by atoms with Crippen molar-refractivity contribution < 1.29 is 9.59 Å². The molecule has 0 spiro atoms. The second-order valence-corrected chi connectivity index (χ2v) is 6.70. The van der Waals surface area contributed by atoms with Crippen molar-refractivity contribution in [2.24, 2.45) is 0 Å². The predicted molar refractivity (Wildman–Crippen MR) is 107 cm³/mol. The van der Waals surface area contributed by atoms with Crippen LogP contribution in [0, 0.1) is 0 Å². The van der Waals surface area contributed by atoms with Crippen LogP contribution in [0.1, 0.15) is 46.3 Å². The summed E-state index contributed by atoms with van der Waals surface area (Å²) in [7, 11) is 1.57. The summed E-state index contributed by atoms with van der Waals surface area (Å²) in [5.41, 5.74) is 1.40. The molecule has 0 aliphatic rings. The highest BCUT2D eigenvalue weighted by Crippen LogP contribution is 2.15. The zero-order chi connectivity index (χ0) is 20.3. The summed E-state index contributed by atoms with van der Waals surface area (Å²) in [6.07, 6.45) is 0. The van der Waals surface area contributed by atoms with Crippen LogP contribution in [-0.4, -0.2) is 28.6 Å². The van der Waals surface area contributed by atoms with E-state index in [4.69, 9.17) is 0 Å². The fourth-order valence-corrected chi connectivity index (χ4v) is 2.91. The van der Waals surface area contributed by atoms with Gasteiger partial charge in [-0.2, -0.15) is 5.10 Å². The van der Waals surface area contributed by atoms with E-state index >= 15 is 0 Å². The van der Waals surface area contributed by atoms with E-state index in [-0.39, 0.29) is 35.7 Å². The minimum atomic E-state index is -0.360. The van der Waals surface area contributed by atoms with Gasteiger partial charge in [0, 0.05) is 24.5 Å². The van der Waals surface area contributed by atoms with E-state index < -0.39 is 0 Å². The summed E-state index contributed by atoms with van der Waals surface area (Å²) < 4.78 is 1.33. The van der Waals surface area contributed by atoms with Gasteiger partial charge in [-0.3, -0.25) is 14.4 Å². The Morgan fingerprint density at radius 3 is 2.25 bits per heavy atom. The molecule has 1 heterocycles. The van der Waals surface area contributed by atoms with Crippen molar-refractivity contribution in [2.75, 3.05) is 7.05 Å². The summed E-state index contributed by atoms with van der Waals surface area (Å²) in [6.45, 7) is 3.97. The maximum atomic E-state index is 12.8. The minimum absolute atomic E-state index is 0.165. The Morgan fingerprint density at radius 1 is 1.00 bits per heavy atom. The van der Waals surface area contributed by atoms with Gasteiger partial charge in [0.2, 0.25) is 0 Å². The molecular formula is C21H22N4O3. The normalized spacial score (nSPS) is 10.9. The van der Waals surface area contributed by atoms with Gasteiger partial charge in [0.25, 0.3) is 17.4 Å². The molecule has 7 heteroatoms. The fraction of sp³-hybridized carbons (Fsp3) is 0.238. The zero-order valence-electron chi connectivity index (χ0n) is 16.0. The van der Waals surface area contributed by atoms with E-state index in [2.05, 4.69) is 15.7 Å². The number of hydrogen-bond acceptors (Lipinski definition) is 4. The van der Waals surface area contributed by atoms with E-state index in [1.54, 1.807) is 55.6 Å². The van der Waals surface area contributed by atoms with Gasteiger partial charge in [-0.05, 0) is 37.6 Å². The Labute approximate surface area is 162 Å². The summed E-state index contributed by atoms with van der Waals surface area (Å²) in [4.78, 5) is 37.0. The molecule has 7 nitrogen and oxygen atoms in total. The van der Waals surface area contributed by atoms with E-state index in [9.17, 15) is 14.4 Å². The van der Waals surface area contributed by atoms with Crippen molar-refractivity contribution in [1.29, 1.82) is 0 Å². The Balaban J connectivity index is 1.86. The Morgan fingerprint density at radius 2 is 1.64 bits per heavy atom. The Hall–Kier alpha value is -3.48. The summed E-state index contributed by atoms with van der Waals surface area (Å²) >= 11 is 0. The third kappa shape index (κ3) is 3.78. The topological polar surface area (TPSA) is 93.1 Å². The quantitative estimate of drug-likeness (QED) is 0.712. The van der Waals surface area contributed by atoms with Crippen molar-refractivity contribution >= 4 is 22.6 Å². The fourth-order valence-electron chi connectivity index (χ4n) is 2.91. The van der Waals surface area contributed by atoms with Crippen molar-refractivity contribution in [3.63, 3.8) is 0 Å². The second-order valence-electron chi connectivity index (χ2n) is 6.70. The lowest BCUT2D eigenvalue weighted by atomic mass is 10.1. The first-order valence-corrected chi connectivity index (χ1v) is 9.03. The first-order valence-electron chi connectivity index (χ1n) is 9.03. The van der Waals surface area contributed by atoms with Gasteiger partial charge in [0.05, 0.1) is 11.4 Å². The molecule has 2 aromatic carbocycles. The third-order valence-corrected chi connectivity index (χ3v) is 4.43. The first-order chi connectivity index (χ1) is 13.4. The van der Waals surface area contributed by atoms with Crippen molar-refractivity contribution in [3.05, 3.63) is 75.7 Å². The molecule has 0 radical (unpaired) electrons. The van der Waals surface area contributed by atoms with Gasteiger partial charge in [-0.25, -0.2) is 4.68 Å². The molecule has 2 N–H and O–H groups in total. The number of benzene rings is 2. The number of hydrogen-bond donors (Lipinski definition) is 2. The highest BCUT2D eigenvalue weighted by Gasteiger charge is 2.17. The van der Waals surface area contributed by atoms with Gasteiger partial charge in [0.15, 0.2) is 5.69 Å². The van der Waals surface area contributed by atoms with Crippen LogP contribution in [-0.2, 0) is 6.54 Å². The largest absolute Gasteiger partial charge is 0.355 e. The lowest BCUT2D eigenvalue weighted by Crippen LogP contribution is -2.31. The molecule has 0 bridgehead atoms. The van der Waals surface area contributed by atoms with Crippen LogP contribution in [0.2, 0.25) is 0 Å². The minimum Gasteiger partial charge on any atom is -0.355 e. The smallest absolute Gasteiger partial charge is 0.274 e. The molecule has 0 unspecified atom stereocenters. The van der Waals surface area contributed by atoms with Gasteiger partial charge in [-0.1, -0.05) is 30.3 Å². The number of rotatable bonds is 5. The number of aromatic nitrogens is 2. The molecule has 144 valence electrons. The van der Waals surface area contributed by atoms with E-state index in [0.717, 1.165) is 5.56 Å². The number of nitrogens with one attached hydrogen (secondary N) is 2. The van der Waals surface area contributed by atoms with Crippen LogP contribution < -0.4 is 16.2 Å². The van der Waals surface area contributed by atoms with Crippen LogP contribution in [0.25, 0.3) is 10.8 Å². The Bertz CT molecular complexity index is 1080.